The van der Waals surface area contributed by atoms with E-state index < -0.39 is 16.1 Å². The molecule has 3 aromatic rings. The molecule has 1 heterocycles. The number of rotatable bonds is 9. The first-order valence-electron chi connectivity index (χ1n) is 11.3. The van der Waals surface area contributed by atoms with Crippen molar-refractivity contribution in [2.45, 2.75) is 17.9 Å². The summed E-state index contributed by atoms with van der Waals surface area (Å²) in [6.45, 7) is 4.38. The normalized spacial score (nSPS) is 16.2. The number of piperazine rings is 1. The van der Waals surface area contributed by atoms with Gasteiger partial charge in [-0.3, -0.25) is 4.90 Å². The minimum absolute atomic E-state index is 0.136. The van der Waals surface area contributed by atoms with Gasteiger partial charge in [0, 0.05) is 38.8 Å². The molecule has 180 valence electrons. The van der Waals surface area contributed by atoms with Crippen molar-refractivity contribution in [2.75, 3.05) is 39.3 Å². The van der Waals surface area contributed by atoms with Crippen LogP contribution in [0, 0.1) is 6.92 Å². The van der Waals surface area contributed by atoms with E-state index in [1.54, 1.807) is 18.2 Å². The molecule has 0 spiro atoms. The third kappa shape index (κ3) is 6.36. The molecule has 1 aliphatic heterocycles. The third-order valence-electron chi connectivity index (χ3n) is 5.69. The molecule has 0 aliphatic carbocycles. The van der Waals surface area contributed by atoms with Crippen LogP contribution in [-0.4, -0.2) is 68.2 Å². The molecule has 1 aliphatic rings. The van der Waals surface area contributed by atoms with Gasteiger partial charge in [0.15, 0.2) is 0 Å². The monoisotopic (exact) mass is 482 g/mol. The van der Waals surface area contributed by atoms with Crippen LogP contribution in [-0.2, 0) is 10.0 Å². The van der Waals surface area contributed by atoms with E-state index >= 15 is 0 Å². The maximum Gasteiger partial charge on any atom is 0.243 e. The number of aliphatic hydroxyl groups is 1. The molecule has 0 bridgehead atoms. The number of sulfonamides is 1. The Morgan fingerprint density at radius 3 is 2.21 bits per heavy atom. The molecule has 34 heavy (non-hydrogen) atoms. The van der Waals surface area contributed by atoms with E-state index in [1.807, 2.05) is 67.6 Å². The van der Waals surface area contributed by atoms with Crippen LogP contribution in [0.2, 0.25) is 0 Å². The Labute approximate surface area is 201 Å². The second-order valence-electron chi connectivity index (χ2n) is 8.37. The number of hydrogen-bond acceptors (Lipinski definition) is 6. The first-order chi connectivity index (χ1) is 16.4. The van der Waals surface area contributed by atoms with Gasteiger partial charge >= 0.3 is 0 Å². The van der Waals surface area contributed by atoms with Crippen molar-refractivity contribution < 1.29 is 23.0 Å². The molecule has 1 fully saturated rings. The van der Waals surface area contributed by atoms with Gasteiger partial charge in [-0.05, 0) is 43.3 Å². The van der Waals surface area contributed by atoms with Crippen molar-refractivity contribution in [2.24, 2.45) is 0 Å². The van der Waals surface area contributed by atoms with E-state index in [4.69, 9.17) is 9.47 Å². The van der Waals surface area contributed by atoms with Crippen molar-refractivity contribution in [3.05, 3.63) is 84.4 Å². The average molecular weight is 483 g/mol. The van der Waals surface area contributed by atoms with Crippen LogP contribution >= 0.6 is 0 Å². The van der Waals surface area contributed by atoms with Crippen molar-refractivity contribution in [1.82, 2.24) is 9.21 Å². The molecular formula is C26H30N2O5S. The van der Waals surface area contributed by atoms with Gasteiger partial charge in [0.1, 0.15) is 30.0 Å². The van der Waals surface area contributed by atoms with E-state index in [2.05, 4.69) is 4.90 Å². The number of hydrogen-bond donors (Lipinski definition) is 1. The van der Waals surface area contributed by atoms with Gasteiger partial charge in [0.25, 0.3) is 0 Å². The largest absolute Gasteiger partial charge is 0.491 e. The van der Waals surface area contributed by atoms with Gasteiger partial charge in [-0.1, -0.05) is 42.0 Å². The van der Waals surface area contributed by atoms with Gasteiger partial charge in [-0.15, -0.1) is 0 Å². The quantitative estimate of drug-likeness (QED) is 0.503. The van der Waals surface area contributed by atoms with E-state index in [0.29, 0.717) is 49.1 Å². The maximum absolute atomic E-state index is 12.9. The van der Waals surface area contributed by atoms with Gasteiger partial charge in [-0.2, -0.15) is 4.31 Å². The highest BCUT2D eigenvalue weighted by Gasteiger charge is 2.29. The maximum atomic E-state index is 12.9. The Morgan fingerprint density at radius 2 is 1.50 bits per heavy atom. The molecule has 7 nitrogen and oxygen atoms in total. The molecular weight excluding hydrogens is 452 g/mol. The van der Waals surface area contributed by atoms with Crippen molar-refractivity contribution in [3.8, 4) is 17.2 Å². The van der Waals surface area contributed by atoms with Crippen molar-refractivity contribution >= 4 is 10.0 Å². The SMILES string of the molecule is Cc1ccc(S(=O)(=O)N2CCN(C[C@H](O)COc3cccc(Oc4ccccc4)c3)CC2)cc1. The fraction of sp³-hybridized carbons (Fsp3) is 0.308. The van der Waals surface area contributed by atoms with Crippen LogP contribution < -0.4 is 9.47 Å². The van der Waals surface area contributed by atoms with Crippen LogP contribution in [0.15, 0.2) is 83.8 Å². The molecule has 8 heteroatoms. The third-order valence-corrected chi connectivity index (χ3v) is 7.60. The lowest BCUT2D eigenvalue weighted by molar-refractivity contribution is 0.0568. The zero-order chi connectivity index (χ0) is 24.0. The highest BCUT2D eigenvalue weighted by molar-refractivity contribution is 7.89. The Morgan fingerprint density at radius 1 is 0.853 bits per heavy atom. The smallest absolute Gasteiger partial charge is 0.243 e. The Hall–Kier alpha value is -2.91. The number of β-amino-alcohol motifs (C(OH)–C–C–N with tert-alkyl or cyclic N) is 1. The predicted molar refractivity (Wildman–Crippen MR) is 131 cm³/mol. The minimum Gasteiger partial charge on any atom is -0.491 e. The zero-order valence-corrected chi connectivity index (χ0v) is 20.0. The number of benzene rings is 3. The summed E-state index contributed by atoms with van der Waals surface area (Å²) in [5, 5.41) is 10.5. The van der Waals surface area contributed by atoms with Crippen LogP contribution in [0.4, 0.5) is 0 Å². The fourth-order valence-corrected chi connectivity index (χ4v) is 5.23. The van der Waals surface area contributed by atoms with Crippen LogP contribution in [0.5, 0.6) is 17.2 Å². The Balaban J connectivity index is 1.23. The highest BCUT2D eigenvalue weighted by Crippen LogP contribution is 2.25. The second-order valence-corrected chi connectivity index (χ2v) is 10.3. The van der Waals surface area contributed by atoms with Crippen LogP contribution in [0.25, 0.3) is 0 Å². The van der Waals surface area contributed by atoms with Gasteiger partial charge < -0.3 is 14.6 Å². The summed E-state index contributed by atoms with van der Waals surface area (Å²) < 4.78 is 38.8. The number of ether oxygens (including phenoxy) is 2. The highest BCUT2D eigenvalue weighted by atomic mass is 32.2. The molecule has 4 rings (SSSR count). The predicted octanol–water partition coefficient (Wildman–Crippen LogP) is 3.53. The number of aliphatic hydroxyl groups excluding tert-OH is 1. The molecule has 1 saturated heterocycles. The van der Waals surface area contributed by atoms with E-state index in [0.717, 1.165) is 11.3 Å². The molecule has 0 aromatic heterocycles. The number of aryl methyl sites for hydroxylation is 1. The van der Waals surface area contributed by atoms with Crippen LogP contribution in [0.1, 0.15) is 5.56 Å². The fourth-order valence-electron chi connectivity index (χ4n) is 3.81. The summed E-state index contributed by atoms with van der Waals surface area (Å²) in [7, 11) is -3.50. The second kappa shape index (κ2) is 11.0. The molecule has 0 amide bonds. The summed E-state index contributed by atoms with van der Waals surface area (Å²) in [6, 6.07) is 23.7. The van der Waals surface area contributed by atoms with E-state index in [-0.39, 0.29) is 6.61 Å². The summed E-state index contributed by atoms with van der Waals surface area (Å²) in [6.07, 6.45) is -0.695. The van der Waals surface area contributed by atoms with E-state index in [9.17, 15) is 13.5 Å². The number of nitrogens with zero attached hydrogens (tertiary/aromatic N) is 2. The summed E-state index contributed by atoms with van der Waals surface area (Å²) in [5.41, 5.74) is 1.02. The molecule has 0 saturated carbocycles. The Bertz CT molecular complexity index is 1160. The zero-order valence-electron chi connectivity index (χ0n) is 19.2. The lowest BCUT2D eigenvalue weighted by atomic mass is 10.2. The van der Waals surface area contributed by atoms with Crippen molar-refractivity contribution in [1.29, 1.82) is 0 Å². The lowest BCUT2D eigenvalue weighted by Crippen LogP contribution is -2.50. The van der Waals surface area contributed by atoms with E-state index in [1.165, 1.54) is 4.31 Å². The number of para-hydroxylation sites is 1. The lowest BCUT2D eigenvalue weighted by Gasteiger charge is -2.34. The van der Waals surface area contributed by atoms with Gasteiger partial charge in [0.2, 0.25) is 10.0 Å². The topological polar surface area (TPSA) is 79.3 Å². The standard InChI is InChI=1S/C26H30N2O5S/c1-21-10-12-26(13-11-21)34(30,31)28-16-14-27(15-17-28)19-22(29)20-32-24-8-5-9-25(18-24)33-23-6-3-2-4-7-23/h2-13,18,22,29H,14-17,19-20H2,1H3/t22-/m0/s1. The summed E-state index contributed by atoms with van der Waals surface area (Å²) >= 11 is 0. The first kappa shape index (κ1) is 24.2. The average Bonchev–Trinajstić information content (AvgIpc) is 2.84. The molecule has 1 N–H and O–H groups in total. The first-order valence-corrected chi connectivity index (χ1v) is 12.8. The molecule has 1 atom stereocenters. The molecule has 0 unspecified atom stereocenters. The molecule has 0 radical (unpaired) electrons. The van der Waals surface area contributed by atoms with Gasteiger partial charge in [-0.25, -0.2) is 8.42 Å². The minimum atomic E-state index is -3.50. The molecule has 3 aromatic carbocycles. The summed E-state index contributed by atoms with van der Waals surface area (Å²) in [4.78, 5) is 2.38. The van der Waals surface area contributed by atoms with Crippen molar-refractivity contribution in [3.63, 3.8) is 0 Å². The van der Waals surface area contributed by atoms with Crippen LogP contribution in [0.3, 0.4) is 0 Å². The summed E-state index contributed by atoms with van der Waals surface area (Å²) in [5.74, 6) is 2.01. The Kier molecular flexibility index (Phi) is 7.84. The van der Waals surface area contributed by atoms with Gasteiger partial charge in [0.05, 0.1) is 4.90 Å².